The molecule has 0 spiro atoms. The second-order valence-electron chi connectivity index (χ2n) is 4.43. The van der Waals surface area contributed by atoms with E-state index in [0.717, 1.165) is 0 Å². The Morgan fingerprint density at radius 3 is 2.39 bits per heavy atom. The Morgan fingerprint density at radius 2 is 1.78 bits per heavy atom. The largest absolute Gasteiger partial charge is 0.497 e. The van der Waals surface area contributed by atoms with Crippen LogP contribution in [0.25, 0.3) is 0 Å². The standard InChI is InChI=1S/C16H15ClN2O4/c1-21-12-6-3-10(4-7-12)16(20)23-19-15(18)13-9-11(17)5-8-14(13)22-2/h3-9H,1-2H3,(H2,18,19). The molecule has 0 amide bonds. The van der Waals surface area contributed by atoms with E-state index < -0.39 is 5.97 Å². The molecule has 120 valence electrons. The zero-order valence-electron chi connectivity index (χ0n) is 12.6. The lowest BCUT2D eigenvalue weighted by Crippen LogP contribution is -2.16. The third-order valence-electron chi connectivity index (χ3n) is 2.99. The SMILES string of the molecule is COc1ccc(C(=O)O/N=C(\N)c2cc(Cl)ccc2OC)cc1. The predicted molar refractivity (Wildman–Crippen MR) is 87.1 cm³/mol. The minimum atomic E-state index is -0.642. The maximum Gasteiger partial charge on any atom is 0.365 e. The van der Waals surface area contributed by atoms with Crippen LogP contribution in [0.4, 0.5) is 0 Å². The molecule has 0 fully saturated rings. The molecule has 0 aromatic heterocycles. The van der Waals surface area contributed by atoms with Crippen LogP contribution >= 0.6 is 11.6 Å². The average Bonchev–Trinajstić information content (AvgIpc) is 2.59. The number of nitrogens with two attached hydrogens (primary N) is 1. The lowest BCUT2D eigenvalue weighted by Gasteiger charge is -2.08. The van der Waals surface area contributed by atoms with E-state index in [1.807, 2.05) is 0 Å². The van der Waals surface area contributed by atoms with Crippen LogP contribution in [0.2, 0.25) is 5.02 Å². The lowest BCUT2D eigenvalue weighted by molar-refractivity contribution is 0.0516. The number of methoxy groups -OCH3 is 2. The summed E-state index contributed by atoms with van der Waals surface area (Å²) in [5, 5.41) is 4.10. The predicted octanol–water partition coefficient (Wildman–Crippen LogP) is 2.83. The van der Waals surface area contributed by atoms with E-state index in [9.17, 15) is 4.79 Å². The van der Waals surface area contributed by atoms with Crippen molar-refractivity contribution in [3.8, 4) is 11.5 Å². The van der Waals surface area contributed by atoms with Crippen LogP contribution < -0.4 is 15.2 Å². The number of carbonyl (C=O) groups is 1. The average molecular weight is 335 g/mol. The van der Waals surface area contributed by atoms with Gasteiger partial charge in [-0.1, -0.05) is 16.8 Å². The molecule has 23 heavy (non-hydrogen) atoms. The number of benzene rings is 2. The Kier molecular flexibility index (Phi) is 5.43. The van der Waals surface area contributed by atoms with Crippen molar-refractivity contribution in [1.29, 1.82) is 0 Å². The van der Waals surface area contributed by atoms with Crippen molar-refractivity contribution in [2.24, 2.45) is 10.9 Å². The molecule has 0 aliphatic heterocycles. The first-order valence-electron chi connectivity index (χ1n) is 6.58. The van der Waals surface area contributed by atoms with Crippen molar-refractivity contribution in [3.63, 3.8) is 0 Å². The van der Waals surface area contributed by atoms with E-state index in [1.54, 1.807) is 42.5 Å². The van der Waals surface area contributed by atoms with Crippen molar-refractivity contribution in [2.75, 3.05) is 14.2 Å². The molecule has 6 nitrogen and oxygen atoms in total. The molecule has 0 atom stereocenters. The molecule has 0 saturated heterocycles. The first-order chi connectivity index (χ1) is 11.0. The molecular formula is C16H15ClN2O4. The Morgan fingerprint density at radius 1 is 1.09 bits per heavy atom. The van der Waals surface area contributed by atoms with Gasteiger partial charge in [-0.3, -0.25) is 0 Å². The second kappa shape index (κ2) is 7.51. The molecule has 2 aromatic carbocycles. The van der Waals surface area contributed by atoms with Gasteiger partial charge in [0.1, 0.15) is 11.5 Å². The van der Waals surface area contributed by atoms with Crippen LogP contribution in [-0.2, 0) is 4.84 Å². The van der Waals surface area contributed by atoms with Crippen LogP contribution in [0.15, 0.2) is 47.6 Å². The van der Waals surface area contributed by atoms with Gasteiger partial charge in [0.25, 0.3) is 0 Å². The van der Waals surface area contributed by atoms with Gasteiger partial charge in [-0.15, -0.1) is 0 Å². The maximum atomic E-state index is 11.9. The highest BCUT2D eigenvalue weighted by Crippen LogP contribution is 2.22. The summed E-state index contributed by atoms with van der Waals surface area (Å²) in [4.78, 5) is 16.8. The van der Waals surface area contributed by atoms with Crippen LogP contribution in [0.1, 0.15) is 15.9 Å². The smallest absolute Gasteiger partial charge is 0.365 e. The minimum absolute atomic E-state index is 0.0220. The number of carbonyl (C=O) groups excluding carboxylic acids is 1. The van der Waals surface area contributed by atoms with E-state index in [0.29, 0.717) is 27.6 Å². The van der Waals surface area contributed by atoms with Crippen molar-refractivity contribution in [2.45, 2.75) is 0 Å². The first kappa shape index (κ1) is 16.6. The van der Waals surface area contributed by atoms with E-state index in [2.05, 4.69) is 5.16 Å². The molecule has 2 aromatic rings. The normalized spacial score (nSPS) is 11.0. The highest BCUT2D eigenvalue weighted by Gasteiger charge is 2.11. The summed E-state index contributed by atoms with van der Waals surface area (Å²) < 4.78 is 10.2. The van der Waals surface area contributed by atoms with Gasteiger partial charge in [-0.05, 0) is 42.5 Å². The van der Waals surface area contributed by atoms with Crippen LogP contribution in [0.3, 0.4) is 0 Å². The van der Waals surface area contributed by atoms with Crippen molar-refractivity contribution in [3.05, 3.63) is 58.6 Å². The number of oxime groups is 1. The van der Waals surface area contributed by atoms with Gasteiger partial charge >= 0.3 is 5.97 Å². The Balaban J connectivity index is 2.15. The van der Waals surface area contributed by atoms with E-state index in [1.165, 1.54) is 14.2 Å². The fraction of sp³-hybridized carbons (Fsp3) is 0.125. The molecule has 0 radical (unpaired) electrons. The van der Waals surface area contributed by atoms with Gasteiger partial charge in [-0.25, -0.2) is 4.79 Å². The van der Waals surface area contributed by atoms with Gasteiger partial charge in [0.2, 0.25) is 0 Å². The number of ether oxygens (including phenoxy) is 2. The van der Waals surface area contributed by atoms with Gasteiger partial charge in [0, 0.05) is 5.02 Å². The molecule has 0 saturated carbocycles. The first-order valence-corrected chi connectivity index (χ1v) is 6.95. The molecule has 0 aliphatic carbocycles. The number of halogens is 1. The van der Waals surface area contributed by atoms with Crippen LogP contribution in [-0.4, -0.2) is 26.0 Å². The number of nitrogens with zero attached hydrogens (tertiary/aromatic N) is 1. The molecule has 0 unspecified atom stereocenters. The zero-order chi connectivity index (χ0) is 16.8. The van der Waals surface area contributed by atoms with Crippen LogP contribution in [0.5, 0.6) is 11.5 Å². The Hall–Kier alpha value is -2.73. The van der Waals surface area contributed by atoms with Gasteiger partial charge in [-0.2, -0.15) is 0 Å². The summed E-state index contributed by atoms with van der Waals surface area (Å²) in [6.45, 7) is 0. The molecule has 0 aliphatic rings. The summed E-state index contributed by atoms with van der Waals surface area (Å²) in [6.07, 6.45) is 0. The highest BCUT2D eigenvalue weighted by atomic mass is 35.5. The molecule has 0 bridgehead atoms. The third-order valence-corrected chi connectivity index (χ3v) is 3.23. The van der Waals surface area contributed by atoms with E-state index in [-0.39, 0.29) is 5.84 Å². The maximum absolute atomic E-state index is 11.9. The van der Waals surface area contributed by atoms with Crippen LogP contribution in [0, 0.1) is 0 Å². The molecule has 2 rings (SSSR count). The fourth-order valence-electron chi connectivity index (χ4n) is 1.80. The number of rotatable bonds is 5. The monoisotopic (exact) mass is 334 g/mol. The quantitative estimate of drug-likeness (QED) is 0.393. The number of hydrogen-bond donors (Lipinski definition) is 1. The topological polar surface area (TPSA) is 83.1 Å². The van der Waals surface area contributed by atoms with Crippen molar-refractivity contribution >= 4 is 23.4 Å². The van der Waals surface area contributed by atoms with Gasteiger partial charge in [0.15, 0.2) is 5.84 Å². The van der Waals surface area contributed by atoms with E-state index >= 15 is 0 Å². The summed E-state index contributed by atoms with van der Waals surface area (Å²) in [6, 6.07) is 11.3. The van der Waals surface area contributed by atoms with Gasteiger partial charge < -0.3 is 20.0 Å². The Bertz CT molecular complexity index is 729. The van der Waals surface area contributed by atoms with Crippen molar-refractivity contribution < 1.29 is 19.1 Å². The fourth-order valence-corrected chi connectivity index (χ4v) is 1.97. The third kappa shape index (κ3) is 4.14. The lowest BCUT2D eigenvalue weighted by atomic mass is 10.2. The van der Waals surface area contributed by atoms with E-state index in [4.69, 9.17) is 31.6 Å². The number of amidine groups is 1. The number of hydrogen-bond acceptors (Lipinski definition) is 5. The summed E-state index contributed by atoms with van der Waals surface area (Å²) in [5.74, 6) is 0.437. The minimum Gasteiger partial charge on any atom is -0.497 e. The summed E-state index contributed by atoms with van der Waals surface area (Å²) in [7, 11) is 3.03. The molecular weight excluding hydrogens is 320 g/mol. The molecule has 7 heteroatoms. The molecule has 0 heterocycles. The highest BCUT2D eigenvalue weighted by molar-refractivity contribution is 6.31. The van der Waals surface area contributed by atoms with Gasteiger partial charge in [0.05, 0.1) is 25.3 Å². The van der Waals surface area contributed by atoms with Crippen molar-refractivity contribution in [1.82, 2.24) is 0 Å². The second-order valence-corrected chi connectivity index (χ2v) is 4.86. The Labute approximate surface area is 138 Å². The zero-order valence-corrected chi connectivity index (χ0v) is 13.3. The molecule has 2 N–H and O–H groups in total. The summed E-state index contributed by atoms with van der Waals surface area (Å²) >= 11 is 5.92. The summed E-state index contributed by atoms with van der Waals surface area (Å²) in [5.41, 5.74) is 6.58.